The van der Waals surface area contributed by atoms with Gasteiger partial charge in [-0.15, -0.1) is 0 Å². The lowest BCUT2D eigenvalue weighted by molar-refractivity contribution is -0.209. The number of rotatable bonds is 6. The molecule has 0 radical (unpaired) electrons. The van der Waals surface area contributed by atoms with Gasteiger partial charge in [0.2, 0.25) is 5.76 Å². The second-order valence-corrected chi connectivity index (χ2v) is 4.93. The van der Waals surface area contributed by atoms with Crippen LogP contribution >= 0.6 is 0 Å². The molecule has 1 rings (SSSR count). The Morgan fingerprint density at radius 1 is 1.17 bits per heavy atom. The van der Waals surface area contributed by atoms with Crippen molar-refractivity contribution in [1.29, 1.82) is 0 Å². The molecule has 0 aromatic heterocycles. The molecule has 8 N–H and O–H groups in total. The molecule has 0 aromatic rings. The van der Waals surface area contributed by atoms with Gasteiger partial charge in [0, 0.05) is 0 Å². The lowest BCUT2D eigenvalue weighted by atomic mass is 10.0. The van der Waals surface area contributed by atoms with Crippen LogP contribution in [0.25, 0.3) is 0 Å². The number of esters is 2. The van der Waals surface area contributed by atoms with Gasteiger partial charge in [-0.3, -0.25) is 0 Å². The number of hydrogen-bond donors (Lipinski definition) is 8. The van der Waals surface area contributed by atoms with Crippen LogP contribution in [0.15, 0.2) is 11.5 Å². The van der Waals surface area contributed by atoms with Crippen molar-refractivity contribution in [3.8, 4) is 0 Å². The quantitative estimate of drug-likeness (QED) is 0.129. The van der Waals surface area contributed by atoms with Crippen molar-refractivity contribution in [3.05, 3.63) is 11.5 Å². The van der Waals surface area contributed by atoms with Crippen LogP contribution in [0.1, 0.15) is 0 Å². The third-order valence-electron chi connectivity index (χ3n) is 3.21. The summed E-state index contributed by atoms with van der Waals surface area (Å²) in [4.78, 5) is 22.7. The normalized spacial score (nSPS) is 30.8. The van der Waals surface area contributed by atoms with Crippen LogP contribution in [0.5, 0.6) is 0 Å². The summed E-state index contributed by atoms with van der Waals surface area (Å²) >= 11 is 0. The van der Waals surface area contributed by atoms with Crippen LogP contribution in [0, 0.1) is 0 Å². The van der Waals surface area contributed by atoms with E-state index in [2.05, 4.69) is 9.47 Å². The molecule has 6 atom stereocenters. The summed E-state index contributed by atoms with van der Waals surface area (Å²) in [6, 6.07) is 0. The Bertz CT molecular complexity index is 502. The third kappa shape index (κ3) is 4.31. The number of aliphatic hydroxyl groups is 8. The van der Waals surface area contributed by atoms with Crippen molar-refractivity contribution in [2.75, 3.05) is 13.2 Å². The minimum Gasteiger partial charge on any atom is -0.506 e. The van der Waals surface area contributed by atoms with Gasteiger partial charge in [-0.25, -0.2) is 9.59 Å². The van der Waals surface area contributed by atoms with Crippen LogP contribution in [0.2, 0.25) is 0 Å². The van der Waals surface area contributed by atoms with Gasteiger partial charge in [0.1, 0.15) is 31.0 Å². The highest BCUT2D eigenvalue weighted by Gasteiger charge is 2.44. The zero-order valence-corrected chi connectivity index (χ0v) is 12.1. The van der Waals surface area contributed by atoms with Crippen LogP contribution in [0.3, 0.4) is 0 Å². The van der Waals surface area contributed by atoms with Crippen LogP contribution in [0.4, 0.5) is 0 Å². The molecule has 1 aliphatic rings. The SMILES string of the molecule is O=C(OCC1OC(=O)C(O)C(O)C1O)/C(O)=C(/O)C(O)C(O)CO. The molecule has 1 heterocycles. The molecular formula is C12H18O12. The van der Waals surface area contributed by atoms with Gasteiger partial charge in [-0.2, -0.15) is 0 Å². The summed E-state index contributed by atoms with van der Waals surface area (Å²) in [5.74, 6) is -5.75. The first-order valence-corrected chi connectivity index (χ1v) is 6.62. The average Bonchev–Trinajstić information content (AvgIpc) is 2.58. The molecule has 0 spiro atoms. The first-order chi connectivity index (χ1) is 11.1. The average molecular weight is 354 g/mol. The Morgan fingerprint density at radius 2 is 1.75 bits per heavy atom. The molecule has 12 nitrogen and oxygen atoms in total. The second-order valence-electron chi connectivity index (χ2n) is 4.93. The number of hydrogen-bond acceptors (Lipinski definition) is 12. The number of carbonyl (C=O) groups is 2. The van der Waals surface area contributed by atoms with Crippen LogP contribution < -0.4 is 0 Å². The minimum absolute atomic E-state index is 0.856. The Kier molecular flexibility index (Phi) is 6.89. The molecule has 0 aliphatic carbocycles. The van der Waals surface area contributed by atoms with Gasteiger partial charge in [0.05, 0.1) is 6.61 Å². The van der Waals surface area contributed by atoms with Crippen molar-refractivity contribution in [1.82, 2.24) is 0 Å². The highest BCUT2D eigenvalue weighted by Crippen LogP contribution is 2.18. The van der Waals surface area contributed by atoms with Crippen LogP contribution in [-0.2, 0) is 19.1 Å². The van der Waals surface area contributed by atoms with Gasteiger partial charge < -0.3 is 50.3 Å². The molecule has 12 heteroatoms. The van der Waals surface area contributed by atoms with Crippen molar-refractivity contribution < 1.29 is 59.9 Å². The van der Waals surface area contributed by atoms with Crippen LogP contribution in [-0.4, -0.2) is 103 Å². The van der Waals surface area contributed by atoms with Gasteiger partial charge in [-0.1, -0.05) is 0 Å². The fourth-order valence-electron chi connectivity index (χ4n) is 1.72. The Hall–Kier alpha value is -1.96. The lowest BCUT2D eigenvalue weighted by Crippen LogP contribution is -2.57. The van der Waals surface area contributed by atoms with E-state index in [9.17, 15) is 35.1 Å². The molecule has 0 amide bonds. The summed E-state index contributed by atoms with van der Waals surface area (Å²) in [7, 11) is 0. The Balaban J connectivity index is 2.70. The number of carbonyl (C=O) groups excluding carboxylic acids is 2. The monoisotopic (exact) mass is 354 g/mol. The van der Waals surface area contributed by atoms with E-state index in [1.165, 1.54) is 0 Å². The predicted molar refractivity (Wildman–Crippen MR) is 70.2 cm³/mol. The Labute approximate surface area is 134 Å². The maximum atomic E-state index is 11.5. The summed E-state index contributed by atoms with van der Waals surface area (Å²) in [6.07, 6.45) is -11.2. The molecule has 24 heavy (non-hydrogen) atoms. The fraction of sp³-hybridized carbons (Fsp3) is 0.667. The molecule has 138 valence electrons. The third-order valence-corrected chi connectivity index (χ3v) is 3.21. The molecule has 0 aromatic carbocycles. The maximum absolute atomic E-state index is 11.5. The first kappa shape index (κ1) is 20.1. The molecule has 1 saturated heterocycles. The summed E-state index contributed by atoms with van der Waals surface area (Å²) < 4.78 is 8.95. The van der Waals surface area contributed by atoms with E-state index in [-0.39, 0.29) is 0 Å². The van der Waals surface area contributed by atoms with E-state index >= 15 is 0 Å². The van der Waals surface area contributed by atoms with E-state index in [0.29, 0.717) is 0 Å². The first-order valence-electron chi connectivity index (χ1n) is 6.62. The van der Waals surface area contributed by atoms with E-state index in [1.54, 1.807) is 0 Å². The molecule has 6 unspecified atom stereocenters. The fourth-order valence-corrected chi connectivity index (χ4v) is 1.72. The minimum atomic E-state index is -2.17. The summed E-state index contributed by atoms with van der Waals surface area (Å²) in [5, 5.41) is 73.9. The highest BCUT2D eigenvalue weighted by molar-refractivity contribution is 5.86. The van der Waals surface area contributed by atoms with E-state index in [0.717, 1.165) is 0 Å². The maximum Gasteiger partial charge on any atom is 0.377 e. The van der Waals surface area contributed by atoms with Crippen molar-refractivity contribution in [2.24, 2.45) is 0 Å². The van der Waals surface area contributed by atoms with Crippen molar-refractivity contribution in [3.63, 3.8) is 0 Å². The highest BCUT2D eigenvalue weighted by atomic mass is 16.6. The van der Waals surface area contributed by atoms with E-state index in [1.807, 2.05) is 0 Å². The number of ether oxygens (including phenoxy) is 2. The second kappa shape index (κ2) is 8.23. The zero-order valence-electron chi connectivity index (χ0n) is 12.1. The predicted octanol–water partition coefficient (Wildman–Crippen LogP) is -4.42. The largest absolute Gasteiger partial charge is 0.506 e. The summed E-state index contributed by atoms with van der Waals surface area (Å²) in [5.41, 5.74) is 0. The molecule has 1 fully saturated rings. The van der Waals surface area contributed by atoms with Crippen molar-refractivity contribution >= 4 is 11.9 Å². The van der Waals surface area contributed by atoms with Crippen molar-refractivity contribution in [2.45, 2.75) is 36.6 Å². The topological polar surface area (TPSA) is 214 Å². The molecular weight excluding hydrogens is 336 g/mol. The lowest BCUT2D eigenvalue weighted by Gasteiger charge is -2.33. The number of cyclic esters (lactones) is 1. The van der Waals surface area contributed by atoms with Gasteiger partial charge in [-0.05, 0) is 0 Å². The van der Waals surface area contributed by atoms with Gasteiger partial charge >= 0.3 is 11.9 Å². The van der Waals surface area contributed by atoms with E-state index in [4.69, 9.17) is 15.3 Å². The van der Waals surface area contributed by atoms with E-state index < -0.39 is 73.3 Å². The molecule has 0 bridgehead atoms. The summed E-state index contributed by atoms with van der Waals surface area (Å²) in [6.45, 7) is -1.83. The standard InChI is InChI=1S/C12H18O12/c13-1-3(14)5(15)7(17)9(19)11(21)23-2-4-6(16)8(18)10(20)12(22)24-4/h3-6,8,10,13-20H,1-2H2/b9-7-. The number of aliphatic hydroxyl groups excluding tert-OH is 8. The van der Waals surface area contributed by atoms with Gasteiger partial charge in [0.15, 0.2) is 18.0 Å². The van der Waals surface area contributed by atoms with Gasteiger partial charge in [0.25, 0.3) is 0 Å². The molecule has 0 saturated carbocycles. The zero-order chi connectivity index (χ0) is 18.6. The Morgan fingerprint density at radius 3 is 2.29 bits per heavy atom. The smallest absolute Gasteiger partial charge is 0.377 e. The molecule has 1 aliphatic heterocycles.